The molecular weight excluding hydrogens is 232 g/mol. The van der Waals surface area contributed by atoms with Gasteiger partial charge in [0.15, 0.2) is 0 Å². The second kappa shape index (κ2) is 4.42. The number of benzene rings is 1. The molecular formula is C10H11BrO2. The largest absolute Gasteiger partial charge is 0.426 e. The van der Waals surface area contributed by atoms with Crippen LogP contribution in [0.3, 0.4) is 0 Å². The molecule has 0 unspecified atom stereocenters. The van der Waals surface area contributed by atoms with Crippen molar-refractivity contribution in [2.75, 3.05) is 0 Å². The summed E-state index contributed by atoms with van der Waals surface area (Å²) in [6.45, 7) is 3.43. The van der Waals surface area contributed by atoms with Gasteiger partial charge in [0, 0.05) is 11.4 Å². The van der Waals surface area contributed by atoms with Crippen LogP contribution in [0.5, 0.6) is 5.75 Å². The Hall–Kier alpha value is -0.830. The van der Waals surface area contributed by atoms with Crippen LogP contribution in [0, 0.1) is 0 Å². The molecule has 3 heteroatoms. The van der Waals surface area contributed by atoms with Crippen molar-refractivity contribution in [1.29, 1.82) is 0 Å². The number of rotatable bonds is 2. The van der Waals surface area contributed by atoms with E-state index in [1.807, 2.05) is 19.1 Å². The number of ether oxygens (including phenoxy) is 1. The molecule has 0 saturated carbocycles. The summed E-state index contributed by atoms with van der Waals surface area (Å²) in [6, 6.07) is 5.61. The average molecular weight is 243 g/mol. The summed E-state index contributed by atoms with van der Waals surface area (Å²) < 4.78 is 6.03. The Morgan fingerprint density at radius 1 is 1.54 bits per heavy atom. The van der Waals surface area contributed by atoms with Gasteiger partial charge in [0.2, 0.25) is 0 Å². The van der Waals surface area contributed by atoms with Crippen LogP contribution in [0.1, 0.15) is 19.4 Å². The predicted octanol–water partition coefficient (Wildman–Crippen LogP) is 2.94. The fourth-order valence-electron chi connectivity index (χ4n) is 1.08. The fraction of sp³-hybridized carbons (Fsp3) is 0.300. The van der Waals surface area contributed by atoms with Gasteiger partial charge >= 0.3 is 5.97 Å². The molecule has 0 heterocycles. The Balaban J connectivity index is 2.99. The number of hydrogen-bond acceptors (Lipinski definition) is 2. The van der Waals surface area contributed by atoms with E-state index in [0.717, 1.165) is 16.5 Å². The van der Waals surface area contributed by atoms with Crippen molar-refractivity contribution in [2.45, 2.75) is 20.3 Å². The lowest BCUT2D eigenvalue weighted by atomic mass is 10.1. The van der Waals surface area contributed by atoms with Gasteiger partial charge in [-0.05, 0) is 30.2 Å². The smallest absolute Gasteiger partial charge is 0.308 e. The summed E-state index contributed by atoms with van der Waals surface area (Å²) in [5, 5.41) is 0. The lowest BCUT2D eigenvalue weighted by molar-refractivity contribution is -0.131. The molecule has 0 N–H and O–H groups in total. The van der Waals surface area contributed by atoms with Crippen molar-refractivity contribution in [1.82, 2.24) is 0 Å². The molecule has 13 heavy (non-hydrogen) atoms. The molecule has 0 fully saturated rings. The molecule has 0 aromatic heterocycles. The molecule has 0 saturated heterocycles. The summed E-state index contributed by atoms with van der Waals surface area (Å²) in [5.74, 6) is 0.371. The van der Waals surface area contributed by atoms with E-state index in [1.165, 1.54) is 6.92 Å². The molecule has 1 aromatic carbocycles. The minimum absolute atomic E-state index is 0.281. The van der Waals surface area contributed by atoms with Crippen LogP contribution in [0.4, 0.5) is 0 Å². The third-order valence-corrected chi connectivity index (χ3v) is 2.15. The van der Waals surface area contributed by atoms with E-state index in [1.54, 1.807) is 6.07 Å². The van der Waals surface area contributed by atoms with Gasteiger partial charge in [0.25, 0.3) is 0 Å². The Labute approximate surface area is 86.0 Å². The van der Waals surface area contributed by atoms with Crippen molar-refractivity contribution in [3.8, 4) is 5.75 Å². The maximum absolute atomic E-state index is 10.7. The molecule has 1 rings (SSSR count). The van der Waals surface area contributed by atoms with Crippen LogP contribution in [-0.4, -0.2) is 5.97 Å². The Morgan fingerprint density at radius 2 is 2.23 bits per heavy atom. The van der Waals surface area contributed by atoms with Crippen molar-refractivity contribution >= 4 is 21.9 Å². The van der Waals surface area contributed by atoms with Gasteiger partial charge in [-0.1, -0.05) is 22.9 Å². The summed E-state index contributed by atoms with van der Waals surface area (Å²) >= 11 is 3.36. The second-order valence-electron chi connectivity index (χ2n) is 2.70. The number of hydrogen-bond donors (Lipinski definition) is 0. The highest BCUT2D eigenvalue weighted by Crippen LogP contribution is 2.23. The highest BCUT2D eigenvalue weighted by Gasteiger charge is 2.04. The standard InChI is InChI=1S/C10H11BrO2/c1-3-8-6-9(11)4-5-10(8)13-7(2)12/h4-6H,3H2,1-2H3. The number of halogens is 1. The van der Waals surface area contributed by atoms with Gasteiger partial charge in [0.05, 0.1) is 0 Å². The molecule has 0 aliphatic rings. The minimum Gasteiger partial charge on any atom is -0.426 e. The van der Waals surface area contributed by atoms with Gasteiger partial charge in [-0.15, -0.1) is 0 Å². The zero-order valence-electron chi connectivity index (χ0n) is 7.63. The van der Waals surface area contributed by atoms with Gasteiger partial charge in [-0.2, -0.15) is 0 Å². The molecule has 0 radical (unpaired) electrons. The molecule has 70 valence electrons. The average Bonchev–Trinajstić information content (AvgIpc) is 2.07. The quantitative estimate of drug-likeness (QED) is 0.589. The number of carbonyl (C=O) groups excluding carboxylic acids is 1. The van der Waals surface area contributed by atoms with Crippen molar-refractivity contribution in [3.05, 3.63) is 28.2 Å². The predicted molar refractivity (Wildman–Crippen MR) is 54.8 cm³/mol. The molecule has 0 amide bonds. The van der Waals surface area contributed by atoms with E-state index in [0.29, 0.717) is 5.75 Å². The Morgan fingerprint density at radius 3 is 2.77 bits per heavy atom. The van der Waals surface area contributed by atoms with Crippen LogP contribution >= 0.6 is 15.9 Å². The van der Waals surface area contributed by atoms with Crippen LogP contribution < -0.4 is 4.74 Å². The van der Waals surface area contributed by atoms with Crippen LogP contribution in [0.15, 0.2) is 22.7 Å². The van der Waals surface area contributed by atoms with Crippen molar-refractivity contribution < 1.29 is 9.53 Å². The first-order valence-electron chi connectivity index (χ1n) is 4.10. The van der Waals surface area contributed by atoms with Crippen LogP contribution in [0.25, 0.3) is 0 Å². The van der Waals surface area contributed by atoms with Crippen LogP contribution in [0.2, 0.25) is 0 Å². The molecule has 0 aliphatic heterocycles. The first-order valence-corrected chi connectivity index (χ1v) is 4.89. The minimum atomic E-state index is -0.281. The zero-order chi connectivity index (χ0) is 9.84. The summed E-state index contributed by atoms with van der Waals surface area (Å²) in [5.41, 5.74) is 1.03. The third kappa shape index (κ3) is 2.84. The van der Waals surface area contributed by atoms with Crippen molar-refractivity contribution in [2.24, 2.45) is 0 Å². The maximum atomic E-state index is 10.7. The normalized spacial score (nSPS) is 9.77. The maximum Gasteiger partial charge on any atom is 0.308 e. The number of carbonyl (C=O) groups is 1. The van der Waals surface area contributed by atoms with E-state index in [-0.39, 0.29) is 5.97 Å². The fourth-order valence-corrected chi connectivity index (χ4v) is 1.49. The monoisotopic (exact) mass is 242 g/mol. The SMILES string of the molecule is CCc1cc(Br)ccc1OC(C)=O. The van der Waals surface area contributed by atoms with Gasteiger partial charge < -0.3 is 4.74 Å². The summed E-state index contributed by atoms with van der Waals surface area (Å²) in [4.78, 5) is 10.7. The molecule has 2 nitrogen and oxygen atoms in total. The molecule has 0 bridgehead atoms. The van der Waals surface area contributed by atoms with Crippen LogP contribution in [-0.2, 0) is 11.2 Å². The Kier molecular flexibility index (Phi) is 3.48. The third-order valence-electron chi connectivity index (χ3n) is 1.66. The lowest BCUT2D eigenvalue weighted by Crippen LogP contribution is -2.03. The Bertz CT molecular complexity index is 321. The first kappa shape index (κ1) is 10.3. The van der Waals surface area contributed by atoms with E-state index >= 15 is 0 Å². The molecule has 0 atom stereocenters. The first-order chi connectivity index (χ1) is 6.13. The lowest BCUT2D eigenvalue weighted by Gasteiger charge is -2.06. The molecule has 0 aliphatic carbocycles. The summed E-state index contributed by atoms with van der Waals surface area (Å²) in [7, 11) is 0. The van der Waals surface area contributed by atoms with E-state index < -0.39 is 0 Å². The van der Waals surface area contributed by atoms with Gasteiger partial charge in [0.1, 0.15) is 5.75 Å². The highest BCUT2D eigenvalue weighted by atomic mass is 79.9. The van der Waals surface area contributed by atoms with E-state index in [4.69, 9.17) is 4.74 Å². The molecule has 0 spiro atoms. The zero-order valence-corrected chi connectivity index (χ0v) is 9.22. The molecule has 1 aromatic rings. The van der Waals surface area contributed by atoms with Gasteiger partial charge in [-0.25, -0.2) is 0 Å². The van der Waals surface area contributed by atoms with E-state index in [2.05, 4.69) is 15.9 Å². The van der Waals surface area contributed by atoms with Gasteiger partial charge in [-0.3, -0.25) is 4.79 Å². The van der Waals surface area contributed by atoms with E-state index in [9.17, 15) is 4.79 Å². The van der Waals surface area contributed by atoms with Crippen molar-refractivity contribution in [3.63, 3.8) is 0 Å². The summed E-state index contributed by atoms with van der Waals surface area (Å²) in [6.07, 6.45) is 0.849. The number of aryl methyl sites for hydroxylation is 1. The highest BCUT2D eigenvalue weighted by molar-refractivity contribution is 9.10. The second-order valence-corrected chi connectivity index (χ2v) is 3.61. The number of esters is 1. The topological polar surface area (TPSA) is 26.3 Å².